The third-order valence-corrected chi connectivity index (χ3v) is 3.73. The first-order chi connectivity index (χ1) is 11.6. The molecule has 3 aromatic rings. The highest BCUT2D eigenvalue weighted by Crippen LogP contribution is 2.19. The molecule has 2 aromatic carbocycles. The van der Waals surface area contributed by atoms with Crippen LogP contribution in [0.4, 0.5) is 4.39 Å². The molecule has 1 N–H and O–H groups in total. The lowest BCUT2D eigenvalue weighted by Gasteiger charge is -2.08. The van der Waals surface area contributed by atoms with Gasteiger partial charge in [-0.3, -0.25) is 4.79 Å². The van der Waals surface area contributed by atoms with E-state index in [9.17, 15) is 9.18 Å². The highest BCUT2D eigenvalue weighted by molar-refractivity contribution is 6.33. The first kappa shape index (κ1) is 16.1. The van der Waals surface area contributed by atoms with Gasteiger partial charge >= 0.3 is 0 Å². The Morgan fingerprint density at radius 1 is 1.08 bits per heavy atom. The number of rotatable bonds is 4. The number of hydrogen-bond donors (Lipinski definition) is 1. The van der Waals surface area contributed by atoms with Crippen LogP contribution in [0.1, 0.15) is 16.1 Å². The second-order valence-electron chi connectivity index (χ2n) is 5.04. The first-order valence-corrected chi connectivity index (χ1v) is 7.61. The molecule has 1 heterocycles. The van der Waals surface area contributed by atoms with Crippen molar-refractivity contribution in [2.75, 3.05) is 0 Å². The molecule has 120 valence electrons. The minimum atomic E-state index is -0.660. The number of aromatic nitrogens is 2. The molecule has 0 aliphatic heterocycles. The average molecular weight is 342 g/mol. The fourth-order valence-corrected chi connectivity index (χ4v) is 2.48. The van der Waals surface area contributed by atoms with Gasteiger partial charge in [0.25, 0.3) is 5.91 Å². The SMILES string of the molecule is O=C(NCc1cc(-c2ccccc2)ncn1)c1c(F)cccc1Cl. The van der Waals surface area contributed by atoms with E-state index >= 15 is 0 Å². The minimum Gasteiger partial charge on any atom is -0.346 e. The van der Waals surface area contributed by atoms with Crippen molar-refractivity contribution in [2.24, 2.45) is 0 Å². The minimum absolute atomic E-state index is 0.0696. The van der Waals surface area contributed by atoms with Crippen LogP contribution in [-0.4, -0.2) is 15.9 Å². The lowest BCUT2D eigenvalue weighted by atomic mass is 10.1. The lowest BCUT2D eigenvalue weighted by molar-refractivity contribution is 0.0946. The van der Waals surface area contributed by atoms with E-state index in [0.717, 1.165) is 11.3 Å². The van der Waals surface area contributed by atoms with Gasteiger partial charge in [0, 0.05) is 5.56 Å². The van der Waals surface area contributed by atoms with Gasteiger partial charge in [0.05, 0.1) is 28.5 Å². The van der Waals surface area contributed by atoms with Crippen molar-refractivity contribution >= 4 is 17.5 Å². The number of benzene rings is 2. The molecule has 6 heteroatoms. The Kier molecular flexibility index (Phi) is 4.82. The number of carbonyl (C=O) groups excluding carboxylic acids is 1. The average Bonchev–Trinajstić information content (AvgIpc) is 2.61. The second kappa shape index (κ2) is 7.19. The summed E-state index contributed by atoms with van der Waals surface area (Å²) in [6.45, 7) is 0.145. The predicted molar refractivity (Wildman–Crippen MR) is 90.0 cm³/mol. The summed E-state index contributed by atoms with van der Waals surface area (Å²) in [4.78, 5) is 20.5. The van der Waals surface area contributed by atoms with Crippen molar-refractivity contribution in [2.45, 2.75) is 6.54 Å². The Morgan fingerprint density at radius 2 is 1.88 bits per heavy atom. The monoisotopic (exact) mass is 341 g/mol. The molecule has 4 nitrogen and oxygen atoms in total. The van der Waals surface area contributed by atoms with Gasteiger partial charge in [-0.25, -0.2) is 14.4 Å². The van der Waals surface area contributed by atoms with Crippen LogP contribution in [0, 0.1) is 5.82 Å². The molecule has 1 amide bonds. The molecule has 0 radical (unpaired) electrons. The van der Waals surface area contributed by atoms with Gasteiger partial charge in [-0.15, -0.1) is 0 Å². The van der Waals surface area contributed by atoms with Crippen LogP contribution in [-0.2, 0) is 6.54 Å². The summed E-state index contributed by atoms with van der Waals surface area (Å²) in [6, 6.07) is 15.5. The molecule has 1 aromatic heterocycles. The van der Waals surface area contributed by atoms with Crippen molar-refractivity contribution in [1.82, 2.24) is 15.3 Å². The smallest absolute Gasteiger partial charge is 0.256 e. The van der Waals surface area contributed by atoms with Crippen molar-refractivity contribution in [3.05, 3.63) is 83.0 Å². The number of amides is 1. The number of nitrogens with zero attached hydrogens (tertiary/aromatic N) is 2. The molecular formula is C18H13ClFN3O. The van der Waals surface area contributed by atoms with Crippen LogP contribution in [0.3, 0.4) is 0 Å². The van der Waals surface area contributed by atoms with Crippen molar-refractivity contribution in [3.8, 4) is 11.3 Å². The Balaban J connectivity index is 1.75. The van der Waals surface area contributed by atoms with E-state index in [1.807, 2.05) is 30.3 Å². The Morgan fingerprint density at radius 3 is 2.62 bits per heavy atom. The van der Waals surface area contributed by atoms with Gasteiger partial charge in [-0.2, -0.15) is 0 Å². The van der Waals surface area contributed by atoms with Gasteiger partial charge in [0.1, 0.15) is 12.1 Å². The number of nitrogens with one attached hydrogen (secondary N) is 1. The van der Waals surface area contributed by atoms with Crippen LogP contribution in [0.15, 0.2) is 60.9 Å². The maximum Gasteiger partial charge on any atom is 0.256 e. The lowest BCUT2D eigenvalue weighted by Crippen LogP contribution is -2.24. The van der Waals surface area contributed by atoms with Gasteiger partial charge in [0.2, 0.25) is 0 Å². The van der Waals surface area contributed by atoms with E-state index in [1.54, 1.807) is 6.07 Å². The van der Waals surface area contributed by atoms with Crippen LogP contribution in [0.5, 0.6) is 0 Å². The van der Waals surface area contributed by atoms with E-state index < -0.39 is 11.7 Å². The molecule has 0 aliphatic rings. The van der Waals surface area contributed by atoms with Crippen molar-refractivity contribution < 1.29 is 9.18 Å². The standard InChI is InChI=1S/C18H13ClFN3O/c19-14-7-4-8-15(20)17(14)18(24)21-10-13-9-16(23-11-22-13)12-5-2-1-3-6-12/h1-9,11H,10H2,(H,21,24). The summed E-state index contributed by atoms with van der Waals surface area (Å²) in [5.74, 6) is -1.24. The quantitative estimate of drug-likeness (QED) is 0.783. The third kappa shape index (κ3) is 3.58. The summed E-state index contributed by atoms with van der Waals surface area (Å²) in [6.07, 6.45) is 1.43. The molecule has 0 atom stereocenters. The Labute approximate surface area is 143 Å². The molecular weight excluding hydrogens is 329 g/mol. The zero-order valence-electron chi connectivity index (χ0n) is 12.5. The van der Waals surface area contributed by atoms with Crippen LogP contribution >= 0.6 is 11.6 Å². The zero-order chi connectivity index (χ0) is 16.9. The largest absolute Gasteiger partial charge is 0.346 e. The summed E-state index contributed by atoms with van der Waals surface area (Å²) >= 11 is 5.88. The fraction of sp³-hybridized carbons (Fsp3) is 0.0556. The van der Waals surface area contributed by atoms with Crippen LogP contribution in [0.2, 0.25) is 5.02 Å². The van der Waals surface area contributed by atoms with E-state index in [1.165, 1.54) is 24.5 Å². The number of carbonyl (C=O) groups is 1. The van der Waals surface area contributed by atoms with Gasteiger partial charge in [-0.05, 0) is 18.2 Å². The van der Waals surface area contributed by atoms with Crippen LogP contribution in [0.25, 0.3) is 11.3 Å². The van der Waals surface area contributed by atoms with Gasteiger partial charge < -0.3 is 5.32 Å². The third-order valence-electron chi connectivity index (χ3n) is 3.41. The topological polar surface area (TPSA) is 54.9 Å². The highest BCUT2D eigenvalue weighted by Gasteiger charge is 2.15. The van der Waals surface area contributed by atoms with Crippen molar-refractivity contribution in [3.63, 3.8) is 0 Å². The maximum atomic E-state index is 13.7. The molecule has 3 rings (SSSR count). The van der Waals surface area contributed by atoms with Crippen molar-refractivity contribution in [1.29, 1.82) is 0 Å². The van der Waals surface area contributed by atoms with Gasteiger partial charge in [-0.1, -0.05) is 48.0 Å². The van der Waals surface area contributed by atoms with Crippen LogP contribution < -0.4 is 5.32 Å². The maximum absolute atomic E-state index is 13.7. The summed E-state index contributed by atoms with van der Waals surface area (Å²) in [5, 5.41) is 2.69. The molecule has 0 bridgehead atoms. The molecule has 0 saturated carbocycles. The number of hydrogen-bond acceptors (Lipinski definition) is 3. The second-order valence-corrected chi connectivity index (χ2v) is 5.45. The molecule has 24 heavy (non-hydrogen) atoms. The molecule has 0 saturated heterocycles. The van der Waals surface area contributed by atoms with E-state index in [2.05, 4.69) is 15.3 Å². The summed E-state index contributed by atoms with van der Waals surface area (Å²) in [7, 11) is 0. The predicted octanol–water partition coefficient (Wildman–Crippen LogP) is 3.87. The van der Waals surface area contributed by atoms with E-state index in [-0.39, 0.29) is 17.1 Å². The highest BCUT2D eigenvalue weighted by atomic mass is 35.5. The first-order valence-electron chi connectivity index (χ1n) is 7.23. The fourth-order valence-electron chi connectivity index (χ4n) is 2.24. The molecule has 0 unspecified atom stereocenters. The summed E-state index contributed by atoms with van der Waals surface area (Å²) in [5.41, 5.74) is 2.14. The molecule has 0 aliphatic carbocycles. The molecule has 0 spiro atoms. The number of halogens is 2. The Bertz CT molecular complexity index is 851. The molecule has 0 fully saturated rings. The van der Waals surface area contributed by atoms with E-state index in [4.69, 9.17) is 11.6 Å². The Hall–Kier alpha value is -2.79. The van der Waals surface area contributed by atoms with E-state index in [0.29, 0.717) is 5.69 Å². The zero-order valence-corrected chi connectivity index (χ0v) is 13.3. The summed E-state index contributed by atoms with van der Waals surface area (Å²) < 4.78 is 13.7. The normalized spacial score (nSPS) is 10.4. The van der Waals surface area contributed by atoms with Gasteiger partial charge in [0.15, 0.2) is 0 Å².